The van der Waals surface area contributed by atoms with Crippen molar-refractivity contribution in [2.75, 3.05) is 31.6 Å². The monoisotopic (exact) mass is 1070 g/mol. The first-order valence-electron chi connectivity index (χ1n) is 23.6. The van der Waals surface area contributed by atoms with Crippen molar-refractivity contribution in [2.24, 2.45) is 34.6 Å². The van der Waals surface area contributed by atoms with E-state index in [-0.39, 0.29) is 45.1 Å². The van der Waals surface area contributed by atoms with Crippen molar-refractivity contribution in [1.82, 2.24) is 47.9 Å². The molecular formula is C43H74N14O16S. The third-order valence-electron chi connectivity index (χ3n) is 10.9. The van der Waals surface area contributed by atoms with Gasteiger partial charge in [0.15, 0.2) is 0 Å². The lowest BCUT2D eigenvalue weighted by molar-refractivity contribution is -0.139. The molecule has 0 saturated carbocycles. The van der Waals surface area contributed by atoms with Crippen molar-refractivity contribution >= 4 is 94.6 Å². The Kier molecular flexibility index (Phi) is 32.4. The summed E-state index contributed by atoms with van der Waals surface area (Å²) in [6.45, 7) is 3.23. The van der Waals surface area contributed by atoms with E-state index in [0.717, 1.165) is 0 Å². The summed E-state index contributed by atoms with van der Waals surface area (Å²) in [4.78, 5) is 178. The lowest BCUT2D eigenvalue weighted by Gasteiger charge is -2.29. The molecule has 0 radical (unpaired) electrons. The second kappa shape index (κ2) is 35.9. The Morgan fingerprint density at radius 3 is 1.43 bits per heavy atom. The molecule has 0 aliphatic heterocycles. The van der Waals surface area contributed by atoms with Crippen molar-refractivity contribution < 1.29 is 77.3 Å². The highest BCUT2D eigenvalue weighted by atomic mass is 32.2. The Balaban J connectivity index is 6.66. The summed E-state index contributed by atoms with van der Waals surface area (Å²) in [5, 5.41) is 39.2. The summed E-state index contributed by atoms with van der Waals surface area (Å²) in [5.41, 5.74) is 27.6. The molecule has 0 aliphatic rings. The van der Waals surface area contributed by atoms with Gasteiger partial charge in [0.2, 0.25) is 70.9 Å². The normalized spacial score (nSPS) is 14.5. The van der Waals surface area contributed by atoms with E-state index >= 15 is 0 Å². The van der Waals surface area contributed by atoms with Crippen LogP contribution in [0, 0.1) is 5.92 Å². The number of nitrogens with one attached hydrogen (secondary N) is 9. The van der Waals surface area contributed by atoms with E-state index < -0.39 is 182 Å². The summed E-state index contributed by atoms with van der Waals surface area (Å²) >= 11 is 1.40. The van der Waals surface area contributed by atoms with E-state index in [1.54, 1.807) is 20.1 Å². The molecule has 0 saturated heterocycles. The van der Waals surface area contributed by atoms with Crippen LogP contribution in [0.1, 0.15) is 97.8 Å². The van der Waals surface area contributed by atoms with Crippen LogP contribution < -0.4 is 76.5 Å². The Morgan fingerprint density at radius 2 is 0.959 bits per heavy atom. The third kappa shape index (κ3) is 28.2. The van der Waals surface area contributed by atoms with Gasteiger partial charge < -0.3 is 86.7 Å². The first-order chi connectivity index (χ1) is 34.7. The molecule has 31 heteroatoms. The predicted molar refractivity (Wildman–Crippen MR) is 264 cm³/mol. The molecule has 0 aromatic heterocycles. The Morgan fingerprint density at radius 1 is 0.500 bits per heavy atom. The van der Waals surface area contributed by atoms with Gasteiger partial charge in [-0.05, 0) is 76.3 Å². The van der Waals surface area contributed by atoms with Crippen LogP contribution in [0.3, 0.4) is 0 Å². The van der Waals surface area contributed by atoms with Crippen LogP contribution in [0.5, 0.6) is 0 Å². The van der Waals surface area contributed by atoms with Gasteiger partial charge in [0.05, 0.1) is 19.0 Å². The average molecular weight is 1080 g/mol. The largest absolute Gasteiger partial charge is 0.481 e. The highest BCUT2D eigenvalue weighted by molar-refractivity contribution is 7.98. The van der Waals surface area contributed by atoms with Crippen molar-refractivity contribution in [2.45, 2.75) is 146 Å². The second-order valence-electron chi connectivity index (χ2n) is 17.1. The van der Waals surface area contributed by atoms with Crippen molar-refractivity contribution in [3.63, 3.8) is 0 Å². The number of thioether (sulfide) groups is 1. The molecule has 21 N–H and O–H groups in total. The summed E-state index contributed by atoms with van der Waals surface area (Å²) in [7, 11) is 0. The molecular weight excluding hydrogens is 1000 g/mol. The number of carbonyl (C=O) groups is 14. The third-order valence-corrected chi connectivity index (χ3v) is 11.5. The molecule has 0 aliphatic carbocycles. The molecule has 418 valence electrons. The summed E-state index contributed by atoms with van der Waals surface area (Å²) in [5.74, 6) is -14.7. The lowest BCUT2D eigenvalue weighted by atomic mass is 9.96. The predicted octanol–water partition coefficient (Wildman–Crippen LogP) is -6.76. The number of hydrogen-bond acceptors (Lipinski definition) is 17. The van der Waals surface area contributed by atoms with Crippen LogP contribution in [-0.2, 0) is 67.1 Å². The summed E-state index contributed by atoms with van der Waals surface area (Å²) in [6, 6.07) is -12.0. The van der Waals surface area contributed by atoms with Gasteiger partial charge in [0.25, 0.3) is 0 Å². The number of hydrogen-bond donors (Lipinski definition) is 16. The van der Waals surface area contributed by atoms with Gasteiger partial charge in [0.1, 0.15) is 48.8 Å². The number of unbranched alkanes of at least 4 members (excludes halogenated alkanes) is 1. The maximum Gasteiger partial charge on any atom is 0.322 e. The molecule has 12 amide bonds. The van der Waals surface area contributed by atoms with Gasteiger partial charge in [-0.1, -0.05) is 20.3 Å². The van der Waals surface area contributed by atoms with Crippen LogP contribution in [0.2, 0.25) is 0 Å². The maximum atomic E-state index is 14.1. The minimum Gasteiger partial charge on any atom is -0.481 e. The van der Waals surface area contributed by atoms with Gasteiger partial charge in [-0.3, -0.25) is 67.1 Å². The molecule has 0 aromatic rings. The molecule has 0 heterocycles. The molecule has 0 spiro atoms. The Bertz CT molecular complexity index is 2000. The number of carboxylic acid groups (broad SMARTS) is 2. The summed E-state index contributed by atoms with van der Waals surface area (Å²) in [6.07, 6.45) is -1.10. The van der Waals surface area contributed by atoms with Crippen molar-refractivity contribution in [3.8, 4) is 0 Å². The number of carbonyl (C=O) groups excluding carboxylic acids is 12. The van der Waals surface area contributed by atoms with Gasteiger partial charge in [-0.2, -0.15) is 11.8 Å². The quantitative estimate of drug-likeness (QED) is 0.0254. The van der Waals surface area contributed by atoms with Gasteiger partial charge >= 0.3 is 11.9 Å². The SMILES string of the molecule is CC[C@H](C)[C@H](NC(=O)[C@H](CCC(=O)O)NC(=O)[C@H](CC(N)=O)NC(=O)[C@H](CCC(N)=O)NC(=O)[C@@H](N)CCSC)C(=O)N[C@@H](CCCCN)C(=O)N[C@@H](CCC(N)=O)C(=O)N[C@@H](C)C(=O)NCC(=O)NCC(=O)O. The molecule has 30 nitrogen and oxygen atoms in total. The van der Waals surface area contributed by atoms with Crippen LogP contribution in [-0.4, -0.2) is 173 Å². The van der Waals surface area contributed by atoms with Crippen molar-refractivity contribution in [3.05, 3.63) is 0 Å². The smallest absolute Gasteiger partial charge is 0.322 e. The van der Waals surface area contributed by atoms with Crippen LogP contribution in [0.4, 0.5) is 0 Å². The fraction of sp³-hybridized carbons (Fsp3) is 0.674. The highest BCUT2D eigenvalue weighted by Gasteiger charge is 2.36. The second-order valence-corrected chi connectivity index (χ2v) is 18.1. The van der Waals surface area contributed by atoms with E-state index in [1.165, 1.54) is 18.7 Å². The molecule has 0 aromatic carbocycles. The Hall–Kier alpha value is -7.15. The zero-order valence-corrected chi connectivity index (χ0v) is 42.7. The van der Waals surface area contributed by atoms with Gasteiger partial charge in [0, 0.05) is 19.3 Å². The zero-order valence-electron chi connectivity index (χ0n) is 41.9. The number of primary amides is 3. The van der Waals surface area contributed by atoms with Crippen LogP contribution >= 0.6 is 11.8 Å². The zero-order chi connectivity index (χ0) is 56.7. The molecule has 74 heavy (non-hydrogen) atoms. The molecule has 0 bridgehead atoms. The number of carboxylic acids is 2. The number of rotatable bonds is 39. The Labute approximate surface area is 431 Å². The molecule has 0 fully saturated rings. The van der Waals surface area contributed by atoms with Crippen molar-refractivity contribution in [1.29, 1.82) is 0 Å². The van der Waals surface area contributed by atoms with E-state index in [9.17, 15) is 72.2 Å². The number of nitrogens with two attached hydrogens (primary N) is 5. The maximum absolute atomic E-state index is 14.1. The molecule has 9 atom stereocenters. The van der Waals surface area contributed by atoms with E-state index in [1.807, 2.05) is 5.32 Å². The van der Waals surface area contributed by atoms with Gasteiger partial charge in [-0.25, -0.2) is 0 Å². The lowest BCUT2D eigenvalue weighted by Crippen LogP contribution is -2.61. The topological polar surface area (TPSA) is 518 Å². The molecule has 0 rings (SSSR count). The van der Waals surface area contributed by atoms with Crippen LogP contribution in [0.15, 0.2) is 0 Å². The van der Waals surface area contributed by atoms with E-state index in [0.29, 0.717) is 12.2 Å². The first-order valence-corrected chi connectivity index (χ1v) is 25.0. The van der Waals surface area contributed by atoms with E-state index in [4.69, 9.17) is 33.8 Å². The first kappa shape index (κ1) is 66.9. The van der Waals surface area contributed by atoms with Crippen LogP contribution in [0.25, 0.3) is 0 Å². The number of aliphatic carboxylic acids is 2. The highest BCUT2D eigenvalue weighted by Crippen LogP contribution is 2.13. The van der Waals surface area contributed by atoms with Gasteiger partial charge in [-0.15, -0.1) is 0 Å². The fourth-order valence-electron chi connectivity index (χ4n) is 6.45. The van der Waals surface area contributed by atoms with E-state index in [2.05, 4.69) is 42.5 Å². The fourth-order valence-corrected chi connectivity index (χ4v) is 6.93. The molecule has 0 unspecified atom stereocenters. The number of amides is 12. The average Bonchev–Trinajstić information content (AvgIpc) is 3.32. The summed E-state index contributed by atoms with van der Waals surface area (Å²) < 4.78 is 0. The minimum absolute atomic E-state index is 0.0923. The standard InChI is InChI=1S/C43H74N14O16S/c1-5-21(2)35(43(73)55-24(8-6-7-16-44)39(69)53-25(9-12-29(46)58)38(68)51-22(3)36(66)50-19-32(61)49-20-34(64)65)57-41(71)27(11-14-33(62)63)54-42(72)28(18-31(48)60)56-40(70)26(10-13-30(47)59)52-37(67)23(45)15-17-74-4/h21-28,35H,5-20,44-45H2,1-4H3,(H2,46,58)(H2,47,59)(H2,48,60)(H,49,61)(H,50,66)(H,51,68)(H,52,67)(H,53,69)(H,54,72)(H,55,73)(H,56,70)(H,57,71)(H,62,63)(H,64,65)/t21-,22-,23-,24-,25-,26-,27-,28-,35-/m0/s1. The minimum atomic E-state index is -1.85.